The summed E-state index contributed by atoms with van der Waals surface area (Å²) in [5.74, 6) is 1.02. The second-order valence-electron chi connectivity index (χ2n) is 7.59. The smallest absolute Gasteiger partial charge is 0.251 e. The molecule has 0 spiro atoms. The van der Waals surface area contributed by atoms with Gasteiger partial charge >= 0.3 is 0 Å². The monoisotopic (exact) mass is 414 g/mol. The van der Waals surface area contributed by atoms with E-state index in [1.807, 2.05) is 14.1 Å². The zero-order valence-corrected chi connectivity index (χ0v) is 18.2. The molecule has 0 bridgehead atoms. The molecule has 1 aliphatic rings. The largest absolute Gasteiger partial charge is 0.493 e. The van der Waals surface area contributed by atoms with Gasteiger partial charge in [-0.25, -0.2) is 0 Å². The minimum Gasteiger partial charge on any atom is -0.493 e. The molecule has 1 fully saturated rings. The van der Waals surface area contributed by atoms with Gasteiger partial charge < -0.3 is 29.3 Å². The molecule has 1 saturated heterocycles. The molecule has 0 aliphatic carbocycles. The standard InChI is InChI=1S/C23H31N3O4/c1-25(2)19-8-5-17(6-9-19)20(26-11-13-30-14-12-26)16-24-23(27)18-7-10-21(28-3)22(15-18)29-4/h5-10,15,20H,11-14,16H2,1-4H3,(H,24,27)/p+1/t20-/m0/s1. The zero-order chi connectivity index (χ0) is 21.5. The molecule has 2 N–H and O–H groups in total. The highest BCUT2D eigenvalue weighted by molar-refractivity contribution is 5.94. The first-order valence-electron chi connectivity index (χ1n) is 10.2. The van der Waals surface area contributed by atoms with Crippen LogP contribution in [0.1, 0.15) is 22.0 Å². The fraction of sp³-hybridized carbons (Fsp3) is 0.435. The SMILES string of the molecule is COc1ccc(C(=O)NC[C@@H](c2ccc(N(C)C)cc2)[NH+]2CCOCC2)cc1OC. The van der Waals surface area contributed by atoms with Crippen LogP contribution >= 0.6 is 0 Å². The Hall–Kier alpha value is -2.77. The van der Waals surface area contributed by atoms with Gasteiger partial charge in [-0.3, -0.25) is 4.79 Å². The lowest BCUT2D eigenvalue weighted by Gasteiger charge is -2.32. The minimum absolute atomic E-state index is 0.126. The van der Waals surface area contributed by atoms with Crippen LogP contribution in [0.25, 0.3) is 0 Å². The van der Waals surface area contributed by atoms with Gasteiger partial charge in [-0.05, 0) is 30.3 Å². The lowest BCUT2D eigenvalue weighted by Crippen LogP contribution is -3.15. The molecule has 0 unspecified atom stereocenters. The van der Waals surface area contributed by atoms with E-state index in [1.165, 1.54) is 10.5 Å². The van der Waals surface area contributed by atoms with Crippen LogP contribution in [-0.2, 0) is 4.74 Å². The molecule has 1 aliphatic heterocycles. The highest BCUT2D eigenvalue weighted by Gasteiger charge is 2.27. The third kappa shape index (κ3) is 5.23. The Morgan fingerprint density at radius 1 is 1.07 bits per heavy atom. The number of benzene rings is 2. The van der Waals surface area contributed by atoms with Crippen molar-refractivity contribution in [1.29, 1.82) is 0 Å². The Kier molecular flexibility index (Phi) is 7.54. The van der Waals surface area contributed by atoms with Crippen molar-refractivity contribution in [3.8, 4) is 11.5 Å². The molecular weight excluding hydrogens is 382 g/mol. The van der Waals surface area contributed by atoms with Gasteiger partial charge in [-0.2, -0.15) is 0 Å². The number of amides is 1. The number of quaternary nitrogens is 1. The molecule has 2 aromatic carbocycles. The van der Waals surface area contributed by atoms with E-state index in [-0.39, 0.29) is 11.9 Å². The molecule has 1 atom stereocenters. The van der Waals surface area contributed by atoms with Crippen LogP contribution in [0.3, 0.4) is 0 Å². The summed E-state index contributed by atoms with van der Waals surface area (Å²) < 4.78 is 16.1. The number of ether oxygens (including phenoxy) is 3. The van der Waals surface area contributed by atoms with Crippen molar-refractivity contribution >= 4 is 11.6 Å². The summed E-state index contributed by atoms with van der Waals surface area (Å²) in [6.07, 6.45) is 0. The van der Waals surface area contributed by atoms with Crippen LogP contribution in [-0.4, -0.2) is 67.1 Å². The molecule has 1 amide bonds. The number of anilines is 1. The topological polar surface area (TPSA) is 64.5 Å². The Labute approximate surface area is 178 Å². The molecular formula is C23H32N3O4+. The molecule has 0 aromatic heterocycles. The number of nitrogens with one attached hydrogen (secondary N) is 2. The molecule has 2 aromatic rings. The van der Waals surface area contributed by atoms with Crippen LogP contribution in [0.5, 0.6) is 11.5 Å². The highest BCUT2D eigenvalue weighted by Crippen LogP contribution is 2.27. The van der Waals surface area contributed by atoms with Gasteiger partial charge in [0, 0.05) is 30.9 Å². The van der Waals surface area contributed by atoms with Crippen molar-refractivity contribution < 1.29 is 23.9 Å². The van der Waals surface area contributed by atoms with Gasteiger partial charge in [0.15, 0.2) is 11.5 Å². The van der Waals surface area contributed by atoms with E-state index >= 15 is 0 Å². The third-order valence-electron chi connectivity index (χ3n) is 5.55. The van der Waals surface area contributed by atoms with Crippen LogP contribution in [0.4, 0.5) is 5.69 Å². The first-order valence-corrected chi connectivity index (χ1v) is 10.2. The fourth-order valence-electron chi connectivity index (χ4n) is 3.76. The van der Waals surface area contributed by atoms with Crippen molar-refractivity contribution in [3.63, 3.8) is 0 Å². The summed E-state index contributed by atoms with van der Waals surface area (Å²) >= 11 is 0. The second kappa shape index (κ2) is 10.3. The van der Waals surface area contributed by atoms with Crippen LogP contribution in [0, 0.1) is 0 Å². The second-order valence-corrected chi connectivity index (χ2v) is 7.59. The van der Waals surface area contributed by atoms with E-state index < -0.39 is 0 Å². The summed E-state index contributed by atoms with van der Waals surface area (Å²) in [5.41, 5.74) is 2.92. The average molecular weight is 415 g/mol. The molecule has 7 nitrogen and oxygen atoms in total. The van der Waals surface area contributed by atoms with Gasteiger partial charge in [0.25, 0.3) is 5.91 Å². The first kappa shape index (κ1) is 21.9. The third-order valence-corrected chi connectivity index (χ3v) is 5.55. The van der Waals surface area contributed by atoms with Crippen LogP contribution in [0.15, 0.2) is 42.5 Å². The molecule has 0 saturated carbocycles. The van der Waals surface area contributed by atoms with Gasteiger partial charge in [0.05, 0.1) is 34.0 Å². The fourth-order valence-corrected chi connectivity index (χ4v) is 3.76. The van der Waals surface area contributed by atoms with Gasteiger partial charge in [-0.15, -0.1) is 0 Å². The van der Waals surface area contributed by atoms with Gasteiger partial charge in [0.2, 0.25) is 0 Å². The average Bonchev–Trinajstić information content (AvgIpc) is 2.79. The Balaban J connectivity index is 1.75. The van der Waals surface area contributed by atoms with Gasteiger partial charge in [0.1, 0.15) is 19.1 Å². The number of morpholine rings is 1. The van der Waals surface area contributed by atoms with Crippen molar-refractivity contribution in [2.75, 3.05) is 66.1 Å². The predicted molar refractivity (Wildman–Crippen MR) is 117 cm³/mol. The molecule has 3 rings (SSSR count). The number of hydrogen-bond acceptors (Lipinski definition) is 5. The van der Waals surface area contributed by atoms with E-state index in [0.717, 1.165) is 32.0 Å². The maximum absolute atomic E-state index is 12.8. The maximum atomic E-state index is 12.8. The first-order chi connectivity index (χ1) is 14.5. The molecule has 30 heavy (non-hydrogen) atoms. The molecule has 162 valence electrons. The van der Waals surface area contributed by atoms with Crippen molar-refractivity contribution in [3.05, 3.63) is 53.6 Å². The summed E-state index contributed by atoms with van der Waals surface area (Å²) in [6.45, 7) is 3.87. The quantitative estimate of drug-likeness (QED) is 0.679. The van der Waals surface area contributed by atoms with E-state index in [2.05, 4.69) is 34.5 Å². The summed E-state index contributed by atoms with van der Waals surface area (Å²) in [6, 6.07) is 13.9. The molecule has 7 heteroatoms. The van der Waals surface area contributed by atoms with E-state index in [9.17, 15) is 4.79 Å². The van der Waals surface area contributed by atoms with Crippen molar-refractivity contribution in [1.82, 2.24) is 5.32 Å². The number of methoxy groups -OCH3 is 2. The number of nitrogens with zero attached hydrogens (tertiary/aromatic N) is 1. The highest BCUT2D eigenvalue weighted by atomic mass is 16.5. The van der Waals surface area contributed by atoms with E-state index in [4.69, 9.17) is 14.2 Å². The zero-order valence-electron chi connectivity index (χ0n) is 18.2. The summed E-state index contributed by atoms with van der Waals surface area (Å²) in [7, 11) is 7.20. The van der Waals surface area contributed by atoms with Crippen molar-refractivity contribution in [2.45, 2.75) is 6.04 Å². The Morgan fingerprint density at radius 3 is 2.33 bits per heavy atom. The lowest BCUT2D eigenvalue weighted by molar-refractivity contribution is -0.937. The van der Waals surface area contributed by atoms with Gasteiger partial charge in [-0.1, -0.05) is 12.1 Å². The number of carbonyl (C=O) groups is 1. The van der Waals surface area contributed by atoms with Crippen LogP contribution in [0.2, 0.25) is 0 Å². The number of carbonyl (C=O) groups excluding carboxylic acids is 1. The van der Waals surface area contributed by atoms with Crippen molar-refractivity contribution in [2.24, 2.45) is 0 Å². The normalized spacial score (nSPS) is 15.3. The minimum atomic E-state index is -0.126. The number of rotatable bonds is 8. The number of hydrogen-bond donors (Lipinski definition) is 2. The van der Waals surface area contributed by atoms with E-state index in [0.29, 0.717) is 23.6 Å². The summed E-state index contributed by atoms with van der Waals surface area (Å²) in [5, 5.41) is 3.11. The summed E-state index contributed by atoms with van der Waals surface area (Å²) in [4.78, 5) is 16.3. The Morgan fingerprint density at radius 2 is 1.73 bits per heavy atom. The molecule has 1 heterocycles. The Bertz CT molecular complexity index is 833. The maximum Gasteiger partial charge on any atom is 0.251 e. The molecule has 0 radical (unpaired) electrons. The predicted octanol–water partition coefficient (Wildman–Crippen LogP) is 1.16. The lowest BCUT2D eigenvalue weighted by atomic mass is 10.0. The van der Waals surface area contributed by atoms with E-state index in [1.54, 1.807) is 32.4 Å². The van der Waals surface area contributed by atoms with Crippen LogP contribution < -0.4 is 24.6 Å².